The molecule has 0 saturated carbocycles. The van der Waals surface area contributed by atoms with Crippen molar-refractivity contribution in [1.29, 1.82) is 0 Å². The van der Waals surface area contributed by atoms with Crippen molar-refractivity contribution in [3.63, 3.8) is 0 Å². The molecule has 0 aliphatic carbocycles. The lowest BCUT2D eigenvalue weighted by molar-refractivity contribution is 0.789. The molecule has 0 spiro atoms. The Morgan fingerprint density at radius 1 is 1.33 bits per heavy atom. The number of nitrogens with one attached hydrogen (secondary N) is 1. The lowest BCUT2D eigenvalue weighted by atomic mass is 10.2. The van der Waals surface area contributed by atoms with Gasteiger partial charge in [-0.2, -0.15) is 0 Å². The minimum Gasteiger partial charge on any atom is -0.291 e. The second-order valence-electron chi connectivity index (χ2n) is 3.60. The Morgan fingerprint density at radius 2 is 2.00 bits per heavy atom. The second kappa shape index (κ2) is 3.05. The molecule has 2 aromatic rings. The van der Waals surface area contributed by atoms with Gasteiger partial charge in [0, 0.05) is 12.7 Å². The molecule has 0 atom stereocenters. The number of aryl methyl sites for hydroxylation is 2. The molecule has 2 aromatic heterocycles. The highest BCUT2D eigenvalue weighted by Gasteiger charge is 2.08. The highest BCUT2D eigenvalue weighted by atomic mass is 16.2. The summed E-state index contributed by atoms with van der Waals surface area (Å²) < 4.78 is 1.05. The van der Waals surface area contributed by atoms with Crippen LogP contribution in [0.1, 0.15) is 11.3 Å². The van der Waals surface area contributed by atoms with E-state index in [0.717, 1.165) is 15.8 Å². The summed E-state index contributed by atoms with van der Waals surface area (Å²) in [5.41, 5.74) is 1.22. The highest BCUT2D eigenvalue weighted by Crippen LogP contribution is 2.09. The molecule has 0 aromatic carbocycles. The Bertz CT molecular complexity index is 652. The van der Waals surface area contributed by atoms with Gasteiger partial charge >= 0.3 is 5.69 Å². The van der Waals surface area contributed by atoms with Gasteiger partial charge in [0.25, 0.3) is 5.56 Å². The van der Waals surface area contributed by atoms with Crippen LogP contribution in [-0.2, 0) is 7.05 Å². The van der Waals surface area contributed by atoms with Gasteiger partial charge in [0.15, 0.2) is 0 Å². The number of fused-ring (bicyclic) bond motifs is 1. The Labute approximate surface area is 85.4 Å². The Kier molecular flexibility index (Phi) is 1.96. The molecule has 15 heavy (non-hydrogen) atoms. The van der Waals surface area contributed by atoms with Crippen molar-refractivity contribution < 1.29 is 0 Å². The quantitative estimate of drug-likeness (QED) is 0.669. The van der Waals surface area contributed by atoms with E-state index in [9.17, 15) is 9.59 Å². The summed E-state index contributed by atoms with van der Waals surface area (Å²) >= 11 is 0. The van der Waals surface area contributed by atoms with Crippen LogP contribution in [0.3, 0.4) is 0 Å². The molecule has 78 valence electrons. The van der Waals surface area contributed by atoms with Gasteiger partial charge in [0.1, 0.15) is 5.65 Å². The van der Waals surface area contributed by atoms with Crippen LogP contribution in [0.15, 0.2) is 15.7 Å². The number of nitrogens with zero attached hydrogens (tertiary/aromatic N) is 2. The number of hydrogen-bond acceptors (Lipinski definition) is 3. The first kappa shape index (κ1) is 9.64. The molecule has 0 unspecified atom stereocenters. The van der Waals surface area contributed by atoms with Crippen LogP contribution in [0.4, 0.5) is 0 Å². The number of H-pyrrole nitrogens is 1. The normalized spacial score (nSPS) is 10.9. The fourth-order valence-corrected chi connectivity index (χ4v) is 1.64. The molecular formula is C10H11N3O2. The molecule has 5 nitrogen and oxygen atoms in total. The molecule has 5 heteroatoms. The van der Waals surface area contributed by atoms with E-state index >= 15 is 0 Å². The smallest absolute Gasteiger partial charge is 0.291 e. The number of hydrogen-bond donors (Lipinski definition) is 1. The summed E-state index contributed by atoms with van der Waals surface area (Å²) in [6.45, 7) is 3.65. The first-order valence-corrected chi connectivity index (χ1v) is 4.58. The van der Waals surface area contributed by atoms with E-state index in [1.54, 1.807) is 0 Å². The predicted molar refractivity (Wildman–Crippen MR) is 57.1 cm³/mol. The van der Waals surface area contributed by atoms with E-state index < -0.39 is 5.69 Å². The molecule has 2 rings (SSSR count). The lowest BCUT2D eigenvalue weighted by Crippen LogP contribution is -2.33. The highest BCUT2D eigenvalue weighted by molar-refractivity contribution is 5.77. The Morgan fingerprint density at radius 3 is 2.67 bits per heavy atom. The molecule has 0 amide bonds. The largest absolute Gasteiger partial charge is 0.329 e. The average Bonchev–Trinajstić information content (AvgIpc) is 2.13. The van der Waals surface area contributed by atoms with Gasteiger partial charge in [-0.15, -0.1) is 0 Å². The molecule has 0 saturated heterocycles. The Hall–Kier alpha value is -1.91. The van der Waals surface area contributed by atoms with Gasteiger partial charge in [-0.25, -0.2) is 9.78 Å². The fourth-order valence-electron chi connectivity index (χ4n) is 1.64. The minimum absolute atomic E-state index is 0.307. The monoisotopic (exact) mass is 205 g/mol. The number of pyridine rings is 1. The van der Waals surface area contributed by atoms with Crippen molar-refractivity contribution >= 4 is 11.0 Å². The van der Waals surface area contributed by atoms with Crippen molar-refractivity contribution in [2.45, 2.75) is 13.8 Å². The molecule has 0 bridgehead atoms. The third-order valence-electron chi connectivity index (χ3n) is 2.39. The van der Waals surface area contributed by atoms with Gasteiger partial charge in [-0.1, -0.05) is 0 Å². The zero-order chi connectivity index (χ0) is 11.2. The molecule has 0 aliphatic rings. The van der Waals surface area contributed by atoms with Gasteiger partial charge in [0.05, 0.1) is 5.39 Å². The molecule has 0 aliphatic heterocycles. The van der Waals surface area contributed by atoms with E-state index in [1.165, 1.54) is 7.05 Å². The summed E-state index contributed by atoms with van der Waals surface area (Å²) in [6, 6.07) is 1.82. The summed E-state index contributed by atoms with van der Waals surface area (Å²) in [5.74, 6) is 0. The maximum absolute atomic E-state index is 11.8. The first-order valence-electron chi connectivity index (χ1n) is 4.58. The topological polar surface area (TPSA) is 67.8 Å². The van der Waals surface area contributed by atoms with E-state index in [-0.39, 0.29) is 5.56 Å². The van der Waals surface area contributed by atoms with Crippen LogP contribution in [0.5, 0.6) is 0 Å². The molecule has 0 radical (unpaired) electrons. The molecular weight excluding hydrogens is 194 g/mol. The maximum atomic E-state index is 11.8. The van der Waals surface area contributed by atoms with E-state index in [4.69, 9.17) is 0 Å². The van der Waals surface area contributed by atoms with Crippen LogP contribution in [-0.4, -0.2) is 14.5 Å². The van der Waals surface area contributed by atoms with E-state index in [0.29, 0.717) is 11.0 Å². The third-order valence-corrected chi connectivity index (χ3v) is 2.39. The predicted octanol–water partition coefficient (Wildman–Crippen LogP) is 0.239. The van der Waals surface area contributed by atoms with Crippen LogP contribution >= 0.6 is 0 Å². The van der Waals surface area contributed by atoms with Crippen LogP contribution in [0.2, 0.25) is 0 Å². The van der Waals surface area contributed by atoms with Crippen molar-refractivity contribution in [3.8, 4) is 0 Å². The van der Waals surface area contributed by atoms with Crippen molar-refractivity contribution in [2.24, 2.45) is 7.05 Å². The minimum atomic E-state index is -0.440. The fraction of sp³-hybridized carbons (Fsp3) is 0.300. The maximum Gasteiger partial charge on any atom is 0.329 e. The molecule has 2 heterocycles. The Balaban J connectivity index is 3.13. The van der Waals surface area contributed by atoms with Gasteiger partial charge in [-0.05, 0) is 25.5 Å². The number of aromatic amines is 1. The van der Waals surface area contributed by atoms with Crippen molar-refractivity contribution in [1.82, 2.24) is 14.5 Å². The van der Waals surface area contributed by atoms with Crippen LogP contribution in [0, 0.1) is 13.8 Å². The summed E-state index contributed by atoms with van der Waals surface area (Å²) in [4.78, 5) is 29.8. The van der Waals surface area contributed by atoms with Gasteiger partial charge in [-0.3, -0.25) is 14.3 Å². The van der Waals surface area contributed by atoms with E-state index in [2.05, 4.69) is 9.97 Å². The van der Waals surface area contributed by atoms with E-state index in [1.807, 2.05) is 19.9 Å². The zero-order valence-corrected chi connectivity index (χ0v) is 8.79. The van der Waals surface area contributed by atoms with Gasteiger partial charge < -0.3 is 0 Å². The zero-order valence-electron chi connectivity index (χ0n) is 8.79. The van der Waals surface area contributed by atoms with Crippen molar-refractivity contribution in [2.75, 3.05) is 0 Å². The van der Waals surface area contributed by atoms with Crippen molar-refractivity contribution in [3.05, 3.63) is 38.2 Å². The second-order valence-corrected chi connectivity index (χ2v) is 3.60. The molecule has 0 fully saturated rings. The standard InChI is InChI=1S/C10H11N3O2/c1-5-4-6(2)11-8-7(5)9(14)13(3)10(15)12-8/h4H,1-3H3,(H,11,12,15). The van der Waals surface area contributed by atoms with Crippen LogP contribution < -0.4 is 11.2 Å². The van der Waals surface area contributed by atoms with Crippen LogP contribution in [0.25, 0.3) is 11.0 Å². The first-order chi connectivity index (χ1) is 7.00. The number of aromatic nitrogens is 3. The summed E-state index contributed by atoms with van der Waals surface area (Å²) in [7, 11) is 1.44. The summed E-state index contributed by atoms with van der Waals surface area (Å²) in [6.07, 6.45) is 0. The van der Waals surface area contributed by atoms with Gasteiger partial charge in [0.2, 0.25) is 0 Å². The molecule has 1 N–H and O–H groups in total. The third kappa shape index (κ3) is 1.36. The number of rotatable bonds is 0. The summed E-state index contributed by atoms with van der Waals surface area (Å²) in [5, 5.41) is 0.475. The lowest BCUT2D eigenvalue weighted by Gasteiger charge is -2.04. The SMILES string of the molecule is Cc1cc(C)c2c(=O)n(C)c(=O)[nH]c2n1. The average molecular weight is 205 g/mol.